The van der Waals surface area contributed by atoms with Crippen LogP contribution in [-0.4, -0.2) is 15.9 Å². The molecule has 0 unspecified atom stereocenters. The summed E-state index contributed by atoms with van der Waals surface area (Å²) in [7, 11) is 0. The van der Waals surface area contributed by atoms with Crippen LogP contribution < -0.4 is 5.73 Å². The smallest absolute Gasteiger partial charge is 0.277 e. The molecule has 0 fully saturated rings. The lowest BCUT2D eigenvalue weighted by atomic mass is 10.1. The van der Waals surface area contributed by atoms with Crippen molar-refractivity contribution in [1.82, 2.24) is 9.97 Å². The van der Waals surface area contributed by atoms with Crippen LogP contribution in [0.4, 0.5) is 0 Å². The van der Waals surface area contributed by atoms with Crippen molar-refractivity contribution in [2.45, 2.75) is 0 Å². The highest BCUT2D eigenvalue weighted by atomic mass is 32.1. The number of H-pyrrole nitrogens is 1. The molecule has 2 aromatic heterocycles. The first kappa shape index (κ1) is 12.1. The molecule has 4 aromatic rings. The molecule has 4 rings (SSSR count). The van der Waals surface area contributed by atoms with E-state index in [-0.39, 0.29) is 0 Å². The van der Waals surface area contributed by atoms with E-state index < -0.39 is 5.91 Å². The van der Waals surface area contributed by atoms with Gasteiger partial charge in [0.15, 0.2) is 5.01 Å². The Morgan fingerprint density at radius 1 is 1.10 bits per heavy atom. The average molecular weight is 293 g/mol. The zero-order valence-electron chi connectivity index (χ0n) is 11.0. The molecule has 0 aliphatic carbocycles. The zero-order valence-corrected chi connectivity index (χ0v) is 11.8. The lowest BCUT2D eigenvalue weighted by Gasteiger charge is -1.97. The summed E-state index contributed by atoms with van der Waals surface area (Å²) < 4.78 is 0. The van der Waals surface area contributed by atoms with Crippen LogP contribution in [0.25, 0.3) is 33.1 Å². The number of aromatic nitrogens is 2. The standard InChI is InChI=1S/C16H11N3OS/c17-15(20)16-19-14(8-21-16)9-5-6-11-10-3-1-2-4-12(10)18-13(11)7-9/h1-8,18H,(H2,17,20). The number of thiazole rings is 1. The highest BCUT2D eigenvalue weighted by Crippen LogP contribution is 2.30. The Kier molecular flexibility index (Phi) is 2.55. The Balaban J connectivity index is 1.89. The number of nitrogens with one attached hydrogen (secondary N) is 1. The maximum absolute atomic E-state index is 11.1. The van der Waals surface area contributed by atoms with Crippen molar-refractivity contribution >= 4 is 39.0 Å². The Bertz CT molecular complexity index is 983. The first-order chi connectivity index (χ1) is 10.2. The highest BCUT2D eigenvalue weighted by Gasteiger charge is 2.10. The molecular weight excluding hydrogens is 282 g/mol. The number of benzene rings is 2. The van der Waals surface area contributed by atoms with Crippen LogP contribution in [-0.2, 0) is 0 Å². The molecule has 3 N–H and O–H groups in total. The minimum atomic E-state index is -0.488. The third-order valence-electron chi connectivity index (χ3n) is 3.52. The molecule has 21 heavy (non-hydrogen) atoms. The van der Waals surface area contributed by atoms with Gasteiger partial charge in [0, 0.05) is 32.7 Å². The second-order valence-electron chi connectivity index (χ2n) is 4.83. The molecule has 0 aliphatic rings. The SMILES string of the molecule is NC(=O)c1nc(-c2ccc3c(c2)[nH]c2ccccc23)cs1. The third-order valence-corrected chi connectivity index (χ3v) is 4.37. The average Bonchev–Trinajstić information content (AvgIpc) is 3.11. The van der Waals surface area contributed by atoms with E-state index in [0.29, 0.717) is 5.01 Å². The summed E-state index contributed by atoms with van der Waals surface area (Å²) in [6.07, 6.45) is 0. The van der Waals surface area contributed by atoms with Gasteiger partial charge in [0.25, 0.3) is 5.91 Å². The quantitative estimate of drug-likeness (QED) is 0.593. The lowest BCUT2D eigenvalue weighted by molar-refractivity contribution is 0.1000. The molecule has 0 saturated heterocycles. The number of fused-ring (bicyclic) bond motifs is 3. The van der Waals surface area contributed by atoms with Crippen molar-refractivity contribution in [3.63, 3.8) is 0 Å². The zero-order chi connectivity index (χ0) is 14.4. The van der Waals surface area contributed by atoms with E-state index in [1.807, 2.05) is 23.6 Å². The van der Waals surface area contributed by atoms with Crippen LogP contribution in [0.15, 0.2) is 47.8 Å². The van der Waals surface area contributed by atoms with Gasteiger partial charge in [-0.05, 0) is 12.1 Å². The fourth-order valence-electron chi connectivity index (χ4n) is 2.53. The van der Waals surface area contributed by atoms with Crippen molar-refractivity contribution in [2.24, 2.45) is 5.73 Å². The minimum absolute atomic E-state index is 0.335. The van der Waals surface area contributed by atoms with E-state index in [2.05, 4.69) is 34.2 Å². The van der Waals surface area contributed by atoms with Gasteiger partial charge in [-0.25, -0.2) is 4.98 Å². The van der Waals surface area contributed by atoms with Crippen LogP contribution in [0.3, 0.4) is 0 Å². The van der Waals surface area contributed by atoms with Gasteiger partial charge in [-0.2, -0.15) is 0 Å². The van der Waals surface area contributed by atoms with E-state index in [1.165, 1.54) is 22.1 Å². The molecule has 0 spiro atoms. The highest BCUT2D eigenvalue weighted by molar-refractivity contribution is 7.12. The summed E-state index contributed by atoms with van der Waals surface area (Å²) in [6.45, 7) is 0. The van der Waals surface area contributed by atoms with Crippen LogP contribution in [0.1, 0.15) is 9.80 Å². The molecule has 4 nitrogen and oxygen atoms in total. The van der Waals surface area contributed by atoms with Crippen molar-refractivity contribution < 1.29 is 4.79 Å². The van der Waals surface area contributed by atoms with Gasteiger partial charge < -0.3 is 10.7 Å². The number of carbonyl (C=O) groups excluding carboxylic acids is 1. The number of aromatic amines is 1. The van der Waals surface area contributed by atoms with E-state index >= 15 is 0 Å². The molecule has 0 radical (unpaired) electrons. The summed E-state index contributed by atoms with van der Waals surface area (Å²) in [6, 6.07) is 14.3. The Labute approximate surface area is 124 Å². The Morgan fingerprint density at radius 2 is 1.90 bits per heavy atom. The van der Waals surface area contributed by atoms with Gasteiger partial charge in [0.1, 0.15) is 0 Å². The number of amides is 1. The van der Waals surface area contributed by atoms with Gasteiger partial charge in [-0.3, -0.25) is 4.79 Å². The van der Waals surface area contributed by atoms with Gasteiger partial charge in [0.05, 0.1) is 5.69 Å². The van der Waals surface area contributed by atoms with Crippen LogP contribution in [0.5, 0.6) is 0 Å². The number of carbonyl (C=O) groups is 1. The second-order valence-corrected chi connectivity index (χ2v) is 5.69. The van der Waals surface area contributed by atoms with Crippen LogP contribution >= 0.6 is 11.3 Å². The monoisotopic (exact) mass is 293 g/mol. The molecule has 5 heteroatoms. The number of nitrogens with two attached hydrogens (primary N) is 1. The van der Waals surface area contributed by atoms with Gasteiger partial charge >= 0.3 is 0 Å². The molecule has 0 bridgehead atoms. The lowest BCUT2D eigenvalue weighted by Crippen LogP contribution is -2.10. The first-order valence-electron chi connectivity index (χ1n) is 6.48. The molecule has 0 saturated carbocycles. The Hall–Kier alpha value is -2.66. The van der Waals surface area contributed by atoms with Crippen molar-refractivity contribution in [3.05, 3.63) is 52.9 Å². The predicted octanol–water partition coefficient (Wildman–Crippen LogP) is 3.54. The molecular formula is C16H11N3OS. The minimum Gasteiger partial charge on any atom is -0.364 e. The number of primary amides is 1. The first-order valence-corrected chi connectivity index (χ1v) is 7.36. The molecule has 0 aliphatic heterocycles. The maximum Gasteiger partial charge on any atom is 0.277 e. The van der Waals surface area contributed by atoms with Gasteiger partial charge in [0.2, 0.25) is 0 Å². The number of hydrogen-bond donors (Lipinski definition) is 2. The van der Waals surface area contributed by atoms with E-state index in [4.69, 9.17) is 5.73 Å². The fourth-order valence-corrected chi connectivity index (χ4v) is 3.21. The summed E-state index contributed by atoms with van der Waals surface area (Å²) in [4.78, 5) is 18.8. The topological polar surface area (TPSA) is 71.8 Å². The van der Waals surface area contributed by atoms with Gasteiger partial charge in [-0.15, -0.1) is 11.3 Å². The van der Waals surface area contributed by atoms with Crippen LogP contribution in [0.2, 0.25) is 0 Å². The van der Waals surface area contributed by atoms with Gasteiger partial charge in [-0.1, -0.05) is 30.3 Å². The van der Waals surface area contributed by atoms with Crippen molar-refractivity contribution in [3.8, 4) is 11.3 Å². The predicted molar refractivity (Wildman–Crippen MR) is 85.4 cm³/mol. The summed E-state index contributed by atoms with van der Waals surface area (Å²) in [5, 5.41) is 4.57. The third kappa shape index (κ3) is 1.90. The molecule has 2 aromatic carbocycles. The number of nitrogens with zero attached hydrogens (tertiary/aromatic N) is 1. The Morgan fingerprint density at radius 3 is 2.71 bits per heavy atom. The number of para-hydroxylation sites is 1. The van der Waals surface area contributed by atoms with E-state index in [1.54, 1.807) is 0 Å². The number of hydrogen-bond acceptors (Lipinski definition) is 3. The normalized spacial score (nSPS) is 11.2. The molecule has 0 atom stereocenters. The molecule has 1 amide bonds. The number of rotatable bonds is 2. The van der Waals surface area contributed by atoms with Crippen molar-refractivity contribution in [1.29, 1.82) is 0 Å². The van der Waals surface area contributed by atoms with E-state index in [9.17, 15) is 4.79 Å². The molecule has 2 heterocycles. The largest absolute Gasteiger partial charge is 0.364 e. The fraction of sp³-hybridized carbons (Fsp3) is 0. The molecule has 102 valence electrons. The summed E-state index contributed by atoms with van der Waals surface area (Å²) >= 11 is 1.27. The summed E-state index contributed by atoms with van der Waals surface area (Å²) in [5.41, 5.74) is 9.16. The summed E-state index contributed by atoms with van der Waals surface area (Å²) in [5.74, 6) is -0.488. The van der Waals surface area contributed by atoms with Crippen LogP contribution in [0, 0.1) is 0 Å². The van der Waals surface area contributed by atoms with Crippen molar-refractivity contribution in [2.75, 3.05) is 0 Å². The second kappa shape index (κ2) is 4.43. The maximum atomic E-state index is 11.1. The van der Waals surface area contributed by atoms with E-state index in [0.717, 1.165) is 22.3 Å².